The van der Waals surface area contributed by atoms with Crippen molar-refractivity contribution in [3.8, 4) is 11.6 Å². The van der Waals surface area contributed by atoms with E-state index in [1.54, 1.807) is 6.26 Å². The van der Waals surface area contributed by atoms with E-state index in [9.17, 15) is 4.79 Å². The molecular formula is C25H31N3O3S. The molecule has 4 rings (SSSR count). The average Bonchev–Trinajstić information content (AvgIpc) is 3.43. The lowest BCUT2D eigenvalue weighted by Gasteiger charge is -2.36. The minimum atomic E-state index is -0.187. The van der Waals surface area contributed by atoms with Crippen LogP contribution in [0.1, 0.15) is 45.6 Å². The number of nitrogens with zero attached hydrogens (tertiary/aromatic N) is 3. The molecule has 2 aromatic heterocycles. The van der Waals surface area contributed by atoms with Crippen LogP contribution in [-0.4, -0.2) is 32.6 Å². The first-order valence-corrected chi connectivity index (χ1v) is 12.3. The van der Waals surface area contributed by atoms with Crippen molar-refractivity contribution in [3.63, 3.8) is 0 Å². The second kappa shape index (κ2) is 10.4. The Hall–Kier alpha value is -2.54. The van der Waals surface area contributed by atoms with Crippen LogP contribution in [0.2, 0.25) is 0 Å². The lowest BCUT2D eigenvalue weighted by Crippen LogP contribution is -2.36. The van der Waals surface area contributed by atoms with E-state index in [0.29, 0.717) is 41.0 Å². The maximum absolute atomic E-state index is 12.7. The van der Waals surface area contributed by atoms with Gasteiger partial charge in [0.25, 0.3) is 0 Å². The van der Waals surface area contributed by atoms with Crippen LogP contribution in [0.4, 0.5) is 0 Å². The molecule has 3 atom stereocenters. The van der Waals surface area contributed by atoms with Crippen molar-refractivity contribution in [2.45, 2.75) is 57.8 Å². The van der Waals surface area contributed by atoms with Crippen LogP contribution in [0.25, 0.3) is 11.6 Å². The molecule has 0 radical (unpaired) electrons. The maximum atomic E-state index is 12.7. The normalized spacial score (nSPS) is 21.1. The van der Waals surface area contributed by atoms with Gasteiger partial charge in [-0.3, -0.25) is 9.36 Å². The smallest absolute Gasteiger partial charge is 0.316 e. The van der Waals surface area contributed by atoms with Crippen LogP contribution >= 0.6 is 11.8 Å². The Morgan fingerprint density at radius 1 is 1.19 bits per heavy atom. The monoisotopic (exact) mass is 453 g/mol. The van der Waals surface area contributed by atoms with Gasteiger partial charge in [0.1, 0.15) is 6.10 Å². The van der Waals surface area contributed by atoms with Crippen molar-refractivity contribution >= 4 is 17.7 Å². The molecule has 32 heavy (non-hydrogen) atoms. The SMILES string of the molecule is CC(C)[C@H]1CC[C@H](C)C[C@H]1OC(=O)CSc1nnc(-c2ccco2)n1Cc1ccccc1. The third-order valence-corrected chi connectivity index (χ3v) is 7.15. The summed E-state index contributed by atoms with van der Waals surface area (Å²) < 4.78 is 13.5. The summed E-state index contributed by atoms with van der Waals surface area (Å²) in [6, 6.07) is 13.8. The molecule has 0 spiro atoms. The van der Waals surface area contributed by atoms with Crippen LogP contribution in [0.3, 0.4) is 0 Å². The van der Waals surface area contributed by atoms with E-state index in [1.165, 1.54) is 18.2 Å². The number of benzene rings is 1. The highest BCUT2D eigenvalue weighted by molar-refractivity contribution is 7.99. The first-order chi connectivity index (χ1) is 15.5. The Morgan fingerprint density at radius 3 is 2.72 bits per heavy atom. The zero-order valence-electron chi connectivity index (χ0n) is 18.9. The molecule has 6 nitrogen and oxygen atoms in total. The number of esters is 1. The summed E-state index contributed by atoms with van der Waals surface area (Å²) in [5.41, 5.74) is 1.13. The van der Waals surface area contributed by atoms with Gasteiger partial charge >= 0.3 is 5.97 Å². The molecule has 1 saturated carbocycles. The summed E-state index contributed by atoms with van der Waals surface area (Å²) in [4.78, 5) is 12.7. The van der Waals surface area contributed by atoms with E-state index >= 15 is 0 Å². The molecule has 7 heteroatoms. The molecule has 3 aromatic rings. The van der Waals surface area contributed by atoms with E-state index in [2.05, 4.69) is 43.1 Å². The molecule has 0 bridgehead atoms. The minimum absolute atomic E-state index is 0.00715. The van der Waals surface area contributed by atoms with E-state index in [1.807, 2.05) is 34.9 Å². The Labute approximate surface area is 193 Å². The van der Waals surface area contributed by atoms with E-state index in [-0.39, 0.29) is 17.8 Å². The fraction of sp³-hybridized carbons (Fsp3) is 0.480. The van der Waals surface area contributed by atoms with Crippen LogP contribution in [0.15, 0.2) is 58.3 Å². The average molecular weight is 454 g/mol. The van der Waals surface area contributed by atoms with Gasteiger partial charge in [-0.15, -0.1) is 10.2 Å². The second-order valence-electron chi connectivity index (χ2n) is 9.00. The molecule has 1 fully saturated rings. The van der Waals surface area contributed by atoms with Crippen LogP contribution in [-0.2, 0) is 16.1 Å². The summed E-state index contributed by atoms with van der Waals surface area (Å²) in [6.07, 6.45) is 4.92. The summed E-state index contributed by atoms with van der Waals surface area (Å²) in [5.74, 6) is 2.87. The first kappa shape index (κ1) is 22.6. The van der Waals surface area contributed by atoms with E-state index < -0.39 is 0 Å². The summed E-state index contributed by atoms with van der Waals surface area (Å²) in [5, 5.41) is 9.37. The molecule has 0 unspecified atom stereocenters. The van der Waals surface area contributed by atoms with Gasteiger partial charge in [0.2, 0.25) is 5.82 Å². The van der Waals surface area contributed by atoms with Crippen LogP contribution in [0, 0.1) is 17.8 Å². The van der Waals surface area contributed by atoms with Gasteiger partial charge in [0.15, 0.2) is 10.9 Å². The lowest BCUT2D eigenvalue weighted by molar-refractivity contribution is -0.152. The number of thioether (sulfide) groups is 1. The van der Waals surface area contributed by atoms with Gasteiger partial charge in [0.05, 0.1) is 18.6 Å². The zero-order chi connectivity index (χ0) is 22.5. The second-order valence-corrected chi connectivity index (χ2v) is 9.94. The number of carbonyl (C=O) groups is 1. The van der Waals surface area contributed by atoms with Gasteiger partial charge in [-0.2, -0.15) is 0 Å². The van der Waals surface area contributed by atoms with Gasteiger partial charge in [-0.05, 0) is 48.3 Å². The van der Waals surface area contributed by atoms with Crippen molar-refractivity contribution in [2.24, 2.45) is 17.8 Å². The molecule has 0 amide bonds. The molecule has 0 aliphatic heterocycles. The predicted molar refractivity (Wildman–Crippen MR) is 125 cm³/mol. The Kier molecular flexibility index (Phi) is 7.35. The van der Waals surface area contributed by atoms with Gasteiger partial charge < -0.3 is 9.15 Å². The molecule has 170 valence electrons. The highest BCUT2D eigenvalue weighted by atomic mass is 32.2. The summed E-state index contributed by atoms with van der Waals surface area (Å²) in [6.45, 7) is 7.28. The number of hydrogen-bond acceptors (Lipinski definition) is 6. The number of carbonyl (C=O) groups excluding carboxylic acids is 1. The number of aromatic nitrogens is 3. The van der Waals surface area contributed by atoms with Gasteiger partial charge in [-0.1, -0.05) is 69.3 Å². The predicted octanol–water partition coefficient (Wildman–Crippen LogP) is 5.68. The van der Waals surface area contributed by atoms with Crippen molar-refractivity contribution < 1.29 is 13.9 Å². The molecule has 1 aliphatic carbocycles. The molecule has 2 heterocycles. The Bertz CT molecular complexity index is 1000. The van der Waals surface area contributed by atoms with Crippen LogP contribution < -0.4 is 0 Å². The number of rotatable bonds is 8. The fourth-order valence-corrected chi connectivity index (χ4v) is 5.19. The van der Waals surface area contributed by atoms with E-state index in [0.717, 1.165) is 18.4 Å². The molecule has 1 aromatic carbocycles. The van der Waals surface area contributed by atoms with Gasteiger partial charge in [-0.25, -0.2) is 0 Å². The molecule has 1 aliphatic rings. The topological polar surface area (TPSA) is 70.2 Å². The highest BCUT2D eigenvalue weighted by Crippen LogP contribution is 2.35. The van der Waals surface area contributed by atoms with Crippen LogP contribution in [0.5, 0.6) is 0 Å². The van der Waals surface area contributed by atoms with Gasteiger partial charge in [0, 0.05) is 0 Å². The summed E-state index contributed by atoms with van der Waals surface area (Å²) >= 11 is 1.36. The maximum Gasteiger partial charge on any atom is 0.316 e. The number of ether oxygens (including phenoxy) is 1. The third kappa shape index (κ3) is 5.44. The minimum Gasteiger partial charge on any atom is -0.461 e. The Morgan fingerprint density at radius 2 is 2.00 bits per heavy atom. The standard InChI is InChI=1S/C25H31N3O3S/c1-17(2)20-12-11-18(3)14-22(20)31-23(29)16-32-25-27-26-24(21-10-7-13-30-21)28(25)15-19-8-5-4-6-9-19/h4-10,13,17-18,20,22H,11-12,14-16H2,1-3H3/t18-,20+,22+/m0/s1. The fourth-order valence-electron chi connectivity index (χ4n) is 4.47. The number of furan rings is 1. The Balaban J connectivity index is 1.46. The third-order valence-electron chi connectivity index (χ3n) is 6.21. The summed E-state index contributed by atoms with van der Waals surface area (Å²) in [7, 11) is 0. The first-order valence-electron chi connectivity index (χ1n) is 11.3. The molecule has 0 N–H and O–H groups in total. The largest absolute Gasteiger partial charge is 0.461 e. The zero-order valence-corrected chi connectivity index (χ0v) is 19.8. The van der Waals surface area contributed by atoms with Crippen molar-refractivity contribution in [3.05, 3.63) is 54.3 Å². The lowest BCUT2D eigenvalue weighted by atomic mass is 9.75. The van der Waals surface area contributed by atoms with Crippen molar-refractivity contribution in [1.29, 1.82) is 0 Å². The van der Waals surface area contributed by atoms with E-state index in [4.69, 9.17) is 9.15 Å². The van der Waals surface area contributed by atoms with Crippen molar-refractivity contribution in [2.75, 3.05) is 5.75 Å². The number of hydrogen-bond donors (Lipinski definition) is 0. The molecule has 0 saturated heterocycles. The molecular weight excluding hydrogens is 422 g/mol. The highest BCUT2D eigenvalue weighted by Gasteiger charge is 2.33. The quantitative estimate of drug-likeness (QED) is 0.323. The van der Waals surface area contributed by atoms with Crippen molar-refractivity contribution in [1.82, 2.24) is 14.8 Å².